The first-order chi connectivity index (χ1) is 8.22. The summed E-state index contributed by atoms with van der Waals surface area (Å²) in [4.78, 5) is 18.6. The van der Waals surface area contributed by atoms with Crippen molar-refractivity contribution in [1.82, 2.24) is 4.98 Å². The van der Waals surface area contributed by atoms with Crippen LogP contribution in [0, 0.1) is 0 Å². The van der Waals surface area contributed by atoms with Crippen LogP contribution in [0.15, 0.2) is 0 Å². The number of carbonyl (C=O) groups excluding carboxylic acids is 1. The van der Waals surface area contributed by atoms with Crippen molar-refractivity contribution in [2.75, 3.05) is 30.8 Å². The lowest BCUT2D eigenvalue weighted by Crippen LogP contribution is -2.26. The molecular formula is C11H17N3O2S. The lowest BCUT2D eigenvalue weighted by molar-refractivity contribution is 0.0606. The summed E-state index contributed by atoms with van der Waals surface area (Å²) < 4.78 is 4.76. The molecule has 5 nitrogen and oxygen atoms in total. The maximum absolute atomic E-state index is 11.6. The molecule has 0 spiro atoms. The Kier molecular flexibility index (Phi) is 3.83. The van der Waals surface area contributed by atoms with Gasteiger partial charge in [0.15, 0.2) is 15.8 Å². The number of esters is 1. The van der Waals surface area contributed by atoms with Gasteiger partial charge in [-0.15, -0.1) is 0 Å². The maximum Gasteiger partial charge on any atom is 0.352 e. The first kappa shape index (κ1) is 12.2. The molecule has 0 bridgehead atoms. The van der Waals surface area contributed by atoms with E-state index in [4.69, 9.17) is 10.5 Å². The number of nitrogens with zero attached hydrogens (tertiary/aromatic N) is 2. The fourth-order valence-corrected chi connectivity index (χ4v) is 2.82. The number of methoxy groups -OCH3 is 1. The predicted octanol–water partition coefficient (Wildman–Crippen LogP) is 1.89. The minimum atomic E-state index is -0.349. The molecule has 0 saturated carbocycles. The third kappa shape index (κ3) is 2.69. The second-order valence-corrected chi connectivity index (χ2v) is 5.13. The van der Waals surface area contributed by atoms with Crippen molar-refractivity contribution < 1.29 is 9.53 Å². The van der Waals surface area contributed by atoms with Crippen LogP contribution in [0.3, 0.4) is 0 Å². The van der Waals surface area contributed by atoms with E-state index in [2.05, 4.69) is 9.88 Å². The van der Waals surface area contributed by atoms with E-state index in [1.54, 1.807) is 0 Å². The second-order valence-electron chi connectivity index (χ2n) is 4.10. The van der Waals surface area contributed by atoms with Gasteiger partial charge < -0.3 is 15.4 Å². The van der Waals surface area contributed by atoms with Gasteiger partial charge in [0.25, 0.3) is 0 Å². The van der Waals surface area contributed by atoms with Crippen molar-refractivity contribution in [1.29, 1.82) is 0 Å². The van der Waals surface area contributed by atoms with E-state index in [1.165, 1.54) is 31.3 Å². The second kappa shape index (κ2) is 5.35. The minimum Gasteiger partial charge on any atom is -0.465 e. The quantitative estimate of drug-likeness (QED) is 0.817. The van der Waals surface area contributed by atoms with E-state index in [0.29, 0.717) is 15.8 Å². The zero-order chi connectivity index (χ0) is 12.3. The largest absolute Gasteiger partial charge is 0.465 e. The van der Waals surface area contributed by atoms with Crippen LogP contribution < -0.4 is 10.6 Å². The van der Waals surface area contributed by atoms with E-state index in [-0.39, 0.29) is 5.97 Å². The number of hydrogen-bond donors (Lipinski definition) is 1. The van der Waals surface area contributed by atoms with Gasteiger partial charge in [0.05, 0.1) is 7.11 Å². The Morgan fingerprint density at radius 3 is 2.59 bits per heavy atom. The van der Waals surface area contributed by atoms with E-state index in [1.807, 2.05) is 0 Å². The van der Waals surface area contributed by atoms with Gasteiger partial charge in [0.1, 0.15) is 0 Å². The number of thiazole rings is 1. The summed E-state index contributed by atoms with van der Waals surface area (Å²) in [5.74, 6) is 0.347. The molecule has 0 atom stereocenters. The topological polar surface area (TPSA) is 68.5 Å². The summed E-state index contributed by atoms with van der Waals surface area (Å²) in [6, 6.07) is 0. The molecule has 0 radical (unpaired) electrons. The number of rotatable bonds is 2. The van der Waals surface area contributed by atoms with Crippen LogP contribution in [0.25, 0.3) is 0 Å². The van der Waals surface area contributed by atoms with Crippen LogP contribution in [0.5, 0.6) is 0 Å². The Morgan fingerprint density at radius 2 is 2.00 bits per heavy atom. The summed E-state index contributed by atoms with van der Waals surface area (Å²) in [5, 5.41) is 0.421. The van der Waals surface area contributed by atoms with Crippen molar-refractivity contribution in [3.8, 4) is 0 Å². The maximum atomic E-state index is 11.6. The summed E-state index contributed by atoms with van der Waals surface area (Å²) in [6.45, 7) is 1.88. The Labute approximate surface area is 105 Å². The SMILES string of the molecule is COC(=O)c1sc(N)nc1N1CCCCCC1. The molecule has 94 valence electrons. The fraction of sp³-hybridized carbons (Fsp3) is 0.636. The number of nitrogens with two attached hydrogens (primary N) is 1. The summed E-state index contributed by atoms with van der Waals surface area (Å²) in [5.41, 5.74) is 5.69. The van der Waals surface area contributed by atoms with Crippen molar-refractivity contribution >= 4 is 28.3 Å². The zero-order valence-corrected chi connectivity index (χ0v) is 10.8. The van der Waals surface area contributed by atoms with Gasteiger partial charge >= 0.3 is 5.97 Å². The standard InChI is InChI=1S/C11H17N3O2S/c1-16-10(15)8-9(13-11(12)17-8)14-6-4-2-3-5-7-14/h2-7H2,1H3,(H2,12,13). The molecule has 1 aromatic rings. The number of carbonyl (C=O) groups is 1. The zero-order valence-electron chi connectivity index (χ0n) is 9.94. The Morgan fingerprint density at radius 1 is 1.35 bits per heavy atom. The van der Waals surface area contributed by atoms with Crippen LogP contribution >= 0.6 is 11.3 Å². The highest BCUT2D eigenvalue weighted by molar-refractivity contribution is 7.17. The first-order valence-corrected chi connectivity index (χ1v) is 6.63. The third-order valence-electron chi connectivity index (χ3n) is 2.90. The number of aromatic nitrogens is 1. The van der Waals surface area contributed by atoms with Crippen LogP contribution in [-0.2, 0) is 4.74 Å². The van der Waals surface area contributed by atoms with Crippen LogP contribution in [0.4, 0.5) is 10.9 Å². The Hall–Kier alpha value is -1.30. The molecule has 1 aromatic heterocycles. The van der Waals surface area contributed by atoms with Gasteiger partial charge in [-0.2, -0.15) is 0 Å². The molecule has 1 aliphatic rings. The smallest absolute Gasteiger partial charge is 0.352 e. The van der Waals surface area contributed by atoms with E-state index in [0.717, 1.165) is 25.9 Å². The molecule has 2 heterocycles. The normalized spacial score (nSPS) is 16.6. The lowest BCUT2D eigenvalue weighted by atomic mass is 10.2. The highest BCUT2D eigenvalue weighted by Crippen LogP contribution is 2.30. The molecule has 1 aliphatic heterocycles. The Balaban J connectivity index is 2.26. The molecule has 6 heteroatoms. The summed E-state index contributed by atoms with van der Waals surface area (Å²) in [6.07, 6.45) is 4.75. The summed E-state index contributed by atoms with van der Waals surface area (Å²) >= 11 is 1.20. The van der Waals surface area contributed by atoms with Crippen molar-refractivity contribution in [3.63, 3.8) is 0 Å². The predicted molar refractivity (Wildman–Crippen MR) is 68.5 cm³/mol. The number of anilines is 2. The average Bonchev–Trinajstić information content (AvgIpc) is 2.56. The van der Waals surface area contributed by atoms with Gasteiger partial charge in [-0.1, -0.05) is 24.2 Å². The van der Waals surface area contributed by atoms with Gasteiger partial charge in [-0.3, -0.25) is 0 Å². The number of nitrogen functional groups attached to an aromatic ring is 1. The summed E-state index contributed by atoms with van der Waals surface area (Å²) in [7, 11) is 1.38. The molecule has 1 saturated heterocycles. The van der Waals surface area contributed by atoms with Crippen LogP contribution in [0.1, 0.15) is 35.4 Å². The highest BCUT2D eigenvalue weighted by Gasteiger charge is 2.23. The van der Waals surface area contributed by atoms with Crippen molar-refractivity contribution in [3.05, 3.63) is 4.88 Å². The molecular weight excluding hydrogens is 238 g/mol. The van der Waals surface area contributed by atoms with Crippen molar-refractivity contribution in [2.45, 2.75) is 25.7 Å². The van der Waals surface area contributed by atoms with Gasteiger partial charge in [0, 0.05) is 13.1 Å². The Bertz CT molecular complexity index is 397. The molecule has 0 aliphatic carbocycles. The molecule has 17 heavy (non-hydrogen) atoms. The van der Waals surface area contributed by atoms with Crippen molar-refractivity contribution in [2.24, 2.45) is 0 Å². The minimum absolute atomic E-state index is 0.349. The fourth-order valence-electron chi connectivity index (χ4n) is 2.05. The molecule has 2 rings (SSSR count). The van der Waals surface area contributed by atoms with E-state index in [9.17, 15) is 4.79 Å². The number of hydrogen-bond acceptors (Lipinski definition) is 6. The monoisotopic (exact) mass is 255 g/mol. The molecule has 0 amide bonds. The third-order valence-corrected chi connectivity index (χ3v) is 3.76. The first-order valence-electron chi connectivity index (χ1n) is 5.82. The van der Waals surface area contributed by atoms with E-state index >= 15 is 0 Å². The van der Waals surface area contributed by atoms with Gasteiger partial charge in [-0.05, 0) is 12.8 Å². The van der Waals surface area contributed by atoms with Crippen LogP contribution in [0.2, 0.25) is 0 Å². The number of ether oxygens (including phenoxy) is 1. The molecule has 2 N–H and O–H groups in total. The van der Waals surface area contributed by atoms with Crippen LogP contribution in [-0.4, -0.2) is 31.2 Å². The highest BCUT2D eigenvalue weighted by atomic mass is 32.1. The lowest BCUT2D eigenvalue weighted by Gasteiger charge is -2.20. The average molecular weight is 255 g/mol. The molecule has 0 unspecified atom stereocenters. The molecule has 1 fully saturated rings. The van der Waals surface area contributed by atoms with Gasteiger partial charge in [0.2, 0.25) is 0 Å². The van der Waals surface area contributed by atoms with E-state index < -0.39 is 0 Å². The van der Waals surface area contributed by atoms with Gasteiger partial charge in [-0.25, -0.2) is 9.78 Å². The molecule has 0 aromatic carbocycles.